The molecule has 0 heterocycles. The van der Waals surface area contributed by atoms with Crippen molar-refractivity contribution >= 4 is 17.9 Å². The van der Waals surface area contributed by atoms with E-state index in [9.17, 15) is 14.4 Å². The van der Waals surface area contributed by atoms with Gasteiger partial charge in [0.1, 0.15) is 17.7 Å². The summed E-state index contributed by atoms with van der Waals surface area (Å²) in [6, 6.07) is 6.02. The summed E-state index contributed by atoms with van der Waals surface area (Å²) >= 11 is 0. The molecule has 1 aromatic carbocycles. The highest BCUT2D eigenvalue weighted by molar-refractivity contribution is 5.92. The molecule has 0 saturated carbocycles. The van der Waals surface area contributed by atoms with Gasteiger partial charge >= 0.3 is 6.09 Å². The zero-order valence-electron chi connectivity index (χ0n) is 22.6. The van der Waals surface area contributed by atoms with E-state index in [-0.39, 0.29) is 24.3 Å². The molecular formula is C28H45N3O4. The first-order valence-corrected chi connectivity index (χ1v) is 12.7. The molecule has 0 saturated heterocycles. The number of amides is 3. The van der Waals surface area contributed by atoms with Crippen LogP contribution in [0.1, 0.15) is 84.9 Å². The molecule has 2 unspecified atom stereocenters. The first-order chi connectivity index (χ1) is 16.4. The van der Waals surface area contributed by atoms with Crippen LogP contribution in [0.3, 0.4) is 0 Å². The summed E-state index contributed by atoms with van der Waals surface area (Å²) < 4.78 is 5.38. The van der Waals surface area contributed by atoms with Gasteiger partial charge in [0.2, 0.25) is 11.8 Å². The van der Waals surface area contributed by atoms with Gasteiger partial charge in [0.25, 0.3) is 0 Å². The topological polar surface area (TPSA) is 87.7 Å². The third kappa shape index (κ3) is 10.1. The number of nitrogens with zero attached hydrogens (tertiary/aromatic N) is 1. The third-order valence-electron chi connectivity index (χ3n) is 5.56. The van der Waals surface area contributed by atoms with Gasteiger partial charge in [-0.3, -0.25) is 9.59 Å². The quantitative estimate of drug-likeness (QED) is 0.297. The number of carbonyl (C=O) groups is 3. The summed E-state index contributed by atoms with van der Waals surface area (Å²) in [5, 5.41) is 5.72. The molecule has 0 aromatic heterocycles. The van der Waals surface area contributed by atoms with Gasteiger partial charge in [-0.05, 0) is 50.7 Å². The lowest BCUT2D eigenvalue weighted by molar-refractivity contribution is -0.142. The molecule has 0 aliphatic carbocycles. The van der Waals surface area contributed by atoms with Crippen molar-refractivity contribution in [3.8, 4) is 0 Å². The number of benzene rings is 1. The van der Waals surface area contributed by atoms with Crippen LogP contribution >= 0.6 is 0 Å². The van der Waals surface area contributed by atoms with Crippen molar-refractivity contribution in [1.82, 2.24) is 15.5 Å². The second-order valence-corrected chi connectivity index (χ2v) is 10.1. The molecule has 0 aliphatic heterocycles. The second-order valence-electron chi connectivity index (χ2n) is 10.1. The first-order valence-electron chi connectivity index (χ1n) is 12.7. The van der Waals surface area contributed by atoms with Crippen LogP contribution in [0.25, 0.3) is 0 Å². The molecule has 1 aromatic rings. The molecule has 0 bridgehead atoms. The van der Waals surface area contributed by atoms with Crippen LogP contribution in [0.2, 0.25) is 0 Å². The van der Waals surface area contributed by atoms with E-state index in [2.05, 4.69) is 31.1 Å². The van der Waals surface area contributed by atoms with Gasteiger partial charge in [-0.2, -0.15) is 0 Å². The number of ether oxygens (including phenoxy) is 1. The number of rotatable bonds is 13. The summed E-state index contributed by atoms with van der Waals surface area (Å²) in [4.78, 5) is 41.2. The van der Waals surface area contributed by atoms with Crippen LogP contribution in [-0.4, -0.2) is 47.5 Å². The SMILES string of the molecule is C=CCN(C(=O)C(NC(=O)OC(C)(C)C)C(C)C)C(C(=O)NCCCCC)c1ccc(CC)cc1. The predicted octanol–water partition coefficient (Wildman–Crippen LogP) is 5.16. The Morgan fingerprint density at radius 3 is 2.20 bits per heavy atom. The van der Waals surface area contributed by atoms with Crippen molar-refractivity contribution in [2.75, 3.05) is 13.1 Å². The fourth-order valence-electron chi connectivity index (χ4n) is 3.68. The summed E-state index contributed by atoms with van der Waals surface area (Å²) in [5.41, 5.74) is 1.16. The summed E-state index contributed by atoms with van der Waals surface area (Å²) in [6.07, 6.45) is 4.73. The minimum Gasteiger partial charge on any atom is -0.444 e. The Morgan fingerprint density at radius 1 is 1.09 bits per heavy atom. The molecule has 35 heavy (non-hydrogen) atoms. The lowest BCUT2D eigenvalue weighted by Gasteiger charge is -2.35. The largest absolute Gasteiger partial charge is 0.444 e. The van der Waals surface area contributed by atoms with Crippen LogP contribution in [0, 0.1) is 5.92 Å². The smallest absolute Gasteiger partial charge is 0.408 e. The highest BCUT2D eigenvalue weighted by atomic mass is 16.6. The van der Waals surface area contributed by atoms with Gasteiger partial charge < -0.3 is 20.3 Å². The average molecular weight is 488 g/mol. The van der Waals surface area contributed by atoms with Gasteiger partial charge in [-0.15, -0.1) is 6.58 Å². The molecule has 7 nitrogen and oxygen atoms in total. The molecular weight excluding hydrogens is 442 g/mol. The molecule has 0 spiro atoms. The highest BCUT2D eigenvalue weighted by Gasteiger charge is 2.36. The molecule has 2 N–H and O–H groups in total. The molecule has 7 heteroatoms. The molecule has 196 valence electrons. The standard InChI is InChI=1S/C28H45N3O4/c1-9-12-13-18-29-25(32)24(22-16-14-21(11-3)15-17-22)31(19-10-2)26(33)23(20(4)5)30-27(34)35-28(6,7)8/h10,14-17,20,23-24H,2,9,11-13,18-19H2,1,3-8H3,(H,29,32)(H,30,34). The van der Waals surface area contributed by atoms with Crippen molar-refractivity contribution in [2.45, 2.75) is 91.8 Å². The highest BCUT2D eigenvalue weighted by Crippen LogP contribution is 2.24. The zero-order valence-corrected chi connectivity index (χ0v) is 22.6. The number of unbranched alkanes of at least 4 members (excludes halogenated alkanes) is 2. The van der Waals surface area contributed by atoms with Gasteiger partial charge in [-0.1, -0.05) is 70.9 Å². The maximum atomic E-state index is 13.8. The molecule has 2 atom stereocenters. The van der Waals surface area contributed by atoms with Gasteiger partial charge in [0.15, 0.2) is 0 Å². The van der Waals surface area contributed by atoms with Gasteiger partial charge in [-0.25, -0.2) is 4.79 Å². The van der Waals surface area contributed by atoms with Crippen molar-refractivity contribution < 1.29 is 19.1 Å². The fourth-order valence-corrected chi connectivity index (χ4v) is 3.68. The predicted molar refractivity (Wildman–Crippen MR) is 141 cm³/mol. The van der Waals surface area contributed by atoms with Crippen LogP contribution in [0.4, 0.5) is 4.79 Å². The average Bonchev–Trinajstić information content (AvgIpc) is 2.78. The molecule has 0 aliphatic rings. The van der Waals surface area contributed by atoms with Crippen molar-refractivity contribution in [3.63, 3.8) is 0 Å². The van der Waals surface area contributed by atoms with Crippen molar-refractivity contribution in [2.24, 2.45) is 5.92 Å². The minimum absolute atomic E-state index is 0.153. The van der Waals surface area contributed by atoms with Crippen LogP contribution < -0.4 is 10.6 Å². The second kappa shape index (κ2) is 14.5. The van der Waals surface area contributed by atoms with E-state index in [0.29, 0.717) is 12.1 Å². The molecule has 0 radical (unpaired) electrons. The van der Waals surface area contributed by atoms with Crippen molar-refractivity contribution in [3.05, 3.63) is 48.0 Å². The van der Waals surface area contributed by atoms with E-state index in [4.69, 9.17) is 4.74 Å². The van der Waals surface area contributed by atoms with E-state index < -0.39 is 23.8 Å². The Kier molecular flexibility index (Phi) is 12.5. The van der Waals surface area contributed by atoms with Gasteiger partial charge in [0.05, 0.1) is 0 Å². The number of alkyl carbamates (subject to hydrolysis) is 1. The Balaban J connectivity index is 3.34. The number of hydrogen-bond acceptors (Lipinski definition) is 4. The third-order valence-corrected chi connectivity index (χ3v) is 5.56. The summed E-state index contributed by atoms with van der Waals surface area (Å²) in [6.45, 7) is 17.7. The molecule has 3 amide bonds. The molecule has 0 fully saturated rings. The van der Waals surface area contributed by atoms with Gasteiger partial charge in [0, 0.05) is 13.1 Å². The Bertz CT molecular complexity index is 828. The summed E-state index contributed by atoms with van der Waals surface area (Å²) in [5.74, 6) is -0.836. The summed E-state index contributed by atoms with van der Waals surface area (Å²) in [7, 11) is 0. The normalized spacial score (nSPS) is 13.0. The van der Waals surface area contributed by atoms with Crippen molar-refractivity contribution in [1.29, 1.82) is 0 Å². The van der Waals surface area contributed by atoms with E-state index in [0.717, 1.165) is 31.2 Å². The maximum Gasteiger partial charge on any atom is 0.408 e. The maximum absolute atomic E-state index is 13.8. The van der Waals surface area contributed by atoms with Crippen LogP contribution in [0.15, 0.2) is 36.9 Å². The number of aryl methyl sites for hydroxylation is 1. The Labute approximate surface area is 211 Å². The number of carbonyl (C=O) groups excluding carboxylic acids is 3. The fraction of sp³-hybridized carbons (Fsp3) is 0.607. The first kappa shape index (κ1) is 30.2. The Hall–Kier alpha value is -2.83. The molecule has 1 rings (SSSR count). The lowest BCUT2D eigenvalue weighted by atomic mass is 9.98. The van der Waals surface area contributed by atoms with E-state index in [1.807, 2.05) is 38.1 Å². The van der Waals surface area contributed by atoms with E-state index >= 15 is 0 Å². The monoisotopic (exact) mass is 487 g/mol. The minimum atomic E-state index is -0.866. The van der Waals surface area contributed by atoms with E-state index in [1.54, 1.807) is 26.8 Å². The lowest BCUT2D eigenvalue weighted by Crippen LogP contribution is -2.55. The Morgan fingerprint density at radius 2 is 1.71 bits per heavy atom. The number of hydrogen-bond donors (Lipinski definition) is 2. The van der Waals surface area contributed by atoms with Crippen LogP contribution in [-0.2, 0) is 20.7 Å². The van der Waals surface area contributed by atoms with Crippen LogP contribution in [0.5, 0.6) is 0 Å². The zero-order chi connectivity index (χ0) is 26.6. The van der Waals surface area contributed by atoms with E-state index in [1.165, 1.54) is 4.90 Å². The number of nitrogens with one attached hydrogen (secondary N) is 2.